The van der Waals surface area contributed by atoms with Gasteiger partial charge in [-0.15, -0.1) is 0 Å². The Kier molecular flexibility index (Phi) is 18.9. The lowest BCUT2D eigenvalue weighted by molar-refractivity contribution is -0.136. The molecule has 0 aliphatic carbocycles. The molecule has 0 fully saturated rings. The second-order valence-corrected chi connectivity index (χ2v) is 12.5. The molecule has 1 aliphatic rings. The predicted octanol–water partition coefficient (Wildman–Crippen LogP) is 9.64. The van der Waals surface area contributed by atoms with Crippen LogP contribution >= 0.6 is 0 Å². The molecule has 0 bridgehead atoms. The lowest BCUT2D eigenvalue weighted by Gasteiger charge is -2.14. The molecule has 0 unspecified atom stereocenters. The lowest BCUT2D eigenvalue weighted by atomic mass is 10.1. The van der Waals surface area contributed by atoms with Gasteiger partial charge >= 0.3 is 5.97 Å². The van der Waals surface area contributed by atoms with Crippen LogP contribution < -0.4 is 18.9 Å². The van der Waals surface area contributed by atoms with Gasteiger partial charge in [0.1, 0.15) is 28.6 Å². The summed E-state index contributed by atoms with van der Waals surface area (Å²) >= 11 is 0. The van der Waals surface area contributed by atoms with E-state index < -0.39 is 5.97 Å². The molecular formula is C40H57NO7. The van der Waals surface area contributed by atoms with Gasteiger partial charge in [-0.05, 0) is 62.1 Å². The Morgan fingerprint density at radius 1 is 0.542 bits per heavy atom. The van der Waals surface area contributed by atoms with Gasteiger partial charge in [0.25, 0.3) is 11.8 Å². The first kappa shape index (κ1) is 38.6. The fourth-order valence-electron chi connectivity index (χ4n) is 5.53. The van der Waals surface area contributed by atoms with Crippen LogP contribution in [-0.4, -0.2) is 49.0 Å². The summed E-state index contributed by atoms with van der Waals surface area (Å²) in [5, 5.41) is 0. The van der Waals surface area contributed by atoms with E-state index in [1.54, 1.807) is 30.3 Å². The minimum Gasteiger partial charge on any atom is -0.494 e. The van der Waals surface area contributed by atoms with E-state index in [4.69, 9.17) is 18.9 Å². The molecule has 0 radical (unpaired) electrons. The van der Waals surface area contributed by atoms with Crippen molar-refractivity contribution in [1.82, 2.24) is 4.90 Å². The van der Waals surface area contributed by atoms with Crippen LogP contribution in [-0.2, 0) is 9.59 Å². The zero-order valence-electron chi connectivity index (χ0n) is 29.4. The van der Waals surface area contributed by atoms with Crippen LogP contribution in [0.3, 0.4) is 0 Å². The molecule has 264 valence electrons. The van der Waals surface area contributed by atoms with E-state index in [-0.39, 0.29) is 11.8 Å². The van der Waals surface area contributed by atoms with Crippen LogP contribution in [0.1, 0.15) is 133 Å². The van der Waals surface area contributed by atoms with Gasteiger partial charge in [-0.1, -0.05) is 97.3 Å². The number of nitrogens with zero attached hydrogens (tertiary/aromatic N) is 1. The number of benzene rings is 2. The number of ether oxygens (including phenoxy) is 4. The number of hydrogen-bond acceptors (Lipinski definition) is 7. The second kappa shape index (κ2) is 23.5. The highest BCUT2D eigenvalue weighted by Gasteiger charge is 2.22. The first-order valence-corrected chi connectivity index (χ1v) is 18.4. The Balaban J connectivity index is 1.39. The maximum atomic E-state index is 13.2. The van der Waals surface area contributed by atoms with Crippen molar-refractivity contribution in [2.45, 2.75) is 123 Å². The standard InChI is InChI=1S/C40H57NO7/c1-3-5-7-17-29-45-33-20-22-34(23-21-33)48-40(44)36-25-24-35(46-30-18-8-6-4-2)32-37(36)47-31-19-15-13-11-9-10-12-14-16-28-41-38(42)26-27-39(41)43/h20-27,32H,3-19,28-31H2,1-2H3. The van der Waals surface area contributed by atoms with Crippen molar-refractivity contribution in [3.8, 4) is 23.0 Å². The monoisotopic (exact) mass is 663 g/mol. The van der Waals surface area contributed by atoms with E-state index in [0.29, 0.717) is 49.2 Å². The van der Waals surface area contributed by atoms with Gasteiger partial charge in [-0.2, -0.15) is 0 Å². The molecule has 8 nitrogen and oxygen atoms in total. The van der Waals surface area contributed by atoms with Gasteiger partial charge in [0.2, 0.25) is 0 Å². The van der Waals surface area contributed by atoms with Gasteiger partial charge in [-0.25, -0.2) is 4.79 Å². The molecule has 0 atom stereocenters. The lowest BCUT2D eigenvalue weighted by Crippen LogP contribution is -2.30. The van der Waals surface area contributed by atoms with Crippen LogP contribution in [0.25, 0.3) is 0 Å². The second-order valence-electron chi connectivity index (χ2n) is 12.5. The summed E-state index contributed by atoms with van der Waals surface area (Å²) in [6, 6.07) is 12.5. The third-order valence-electron chi connectivity index (χ3n) is 8.42. The highest BCUT2D eigenvalue weighted by Crippen LogP contribution is 2.28. The Hall–Kier alpha value is -3.81. The zero-order valence-corrected chi connectivity index (χ0v) is 29.4. The number of unbranched alkanes of at least 4 members (excludes halogenated alkanes) is 14. The summed E-state index contributed by atoms with van der Waals surface area (Å²) in [5.74, 6) is 1.52. The van der Waals surface area contributed by atoms with E-state index in [1.807, 2.05) is 12.1 Å². The molecule has 0 saturated carbocycles. The average molecular weight is 664 g/mol. The number of esters is 1. The van der Waals surface area contributed by atoms with Crippen LogP contribution in [0.5, 0.6) is 23.0 Å². The van der Waals surface area contributed by atoms with Crippen molar-refractivity contribution in [3.63, 3.8) is 0 Å². The van der Waals surface area contributed by atoms with E-state index in [9.17, 15) is 14.4 Å². The number of imide groups is 1. The van der Waals surface area contributed by atoms with Crippen molar-refractivity contribution in [3.05, 3.63) is 60.2 Å². The van der Waals surface area contributed by atoms with E-state index >= 15 is 0 Å². The summed E-state index contributed by atoms with van der Waals surface area (Å²) in [6.07, 6.45) is 21.3. The van der Waals surface area contributed by atoms with Crippen molar-refractivity contribution in [2.75, 3.05) is 26.4 Å². The molecule has 2 amide bonds. The summed E-state index contributed by atoms with van der Waals surface area (Å²) in [5.41, 5.74) is 0.374. The van der Waals surface area contributed by atoms with Gasteiger partial charge in [0.15, 0.2) is 0 Å². The minimum absolute atomic E-state index is 0.195. The number of amides is 2. The molecule has 0 saturated heterocycles. The number of hydrogen-bond donors (Lipinski definition) is 0. The largest absolute Gasteiger partial charge is 0.494 e. The molecule has 48 heavy (non-hydrogen) atoms. The van der Waals surface area contributed by atoms with Crippen LogP contribution in [0.2, 0.25) is 0 Å². The molecule has 0 aromatic heterocycles. The SMILES string of the molecule is CCCCCCOc1ccc(OC(=O)c2ccc(OCCCCCC)cc2OCCCCCCCCCCCN2C(=O)C=CC2=O)cc1. The Morgan fingerprint density at radius 3 is 1.58 bits per heavy atom. The summed E-state index contributed by atoms with van der Waals surface area (Å²) < 4.78 is 23.6. The number of carbonyl (C=O) groups excluding carboxylic acids is 3. The van der Waals surface area contributed by atoms with Crippen molar-refractivity contribution >= 4 is 17.8 Å². The predicted molar refractivity (Wildman–Crippen MR) is 190 cm³/mol. The van der Waals surface area contributed by atoms with Crippen LogP contribution in [0, 0.1) is 0 Å². The fraction of sp³-hybridized carbons (Fsp3) is 0.575. The molecule has 2 aromatic rings. The summed E-state index contributed by atoms with van der Waals surface area (Å²) in [4.78, 5) is 37.8. The quantitative estimate of drug-likeness (QED) is 0.0407. The smallest absolute Gasteiger partial charge is 0.347 e. The summed E-state index contributed by atoms with van der Waals surface area (Å²) in [7, 11) is 0. The molecule has 1 heterocycles. The van der Waals surface area contributed by atoms with Gasteiger partial charge < -0.3 is 18.9 Å². The number of rotatable bonds is 27. The van der Waals surface area contributed by atoms with Gasteiger partial charge in [0, 0.05) is 24.8 Å². The molecule has 0 spiro atoms. The molecule has 1 aliphatic heterocycles. The zero-order chi connectivity index (χ0) is 34.2. The van der Waals surface area contributed by atoms with Gasteiger partial charge in [-0.3, -0.25) is 14.5 Å². The minimum atomic E-state index is -0.469. The Morgan fingerprint density at radius 2 is 1.00 bits per heavy atom. The third-order valence-corrected chi connectivity index (χ3v) is 8.42. The van der Waals surface area contributed by atoms with Gasteiger partial charge in [0.05, 0.1) is 19.8 Å². The molecule has 8 heteroatoms. The van der Waals surface area contributed by atoms with Crippen molar-refractivity contribution in [1.29, 1.82) is 0 Å². The Labute approximate surface area is 288 Å². The van der Waals surface area contributed by atoms with E-state index in [0.717, 1.165) is 82.8 Å². The highest BCUT2D eigenvalue weighted by atomic mass is 16.5. The van der Waals surface area contributed by atoms with Crippen molar-refractivity contribution < 1.29 is 33.3 Å². The molecule has 2 aromatic carbocycles. The van der Waals surface area contributed by atoms with E-state index in [2.05, 4.69) is 13.8 Å². The first-order valence-electron chi connectivity index (χ1n) is 18.4. The number of carbonyl (C=O) groups is 3. The first-order chi connectivity index (χ1) is 23.5. The molecular weight excluding hydrogens is 606 g/mol. The van der Waals surface area contributed by atoms with Crippen LogP contribution in [0.15, 0.2) is 54.6 Å². The molecule has 3 rings (SSSR count). The van der Waals surface area contributed by atoms with Crippen molar-refractivity contribution in [2.24, 2.45) is 0 Å². The fourth-order valence-corrected chi connectivity index (χ4v) is 5.53. The van der Waals surface area contributed by atoms with E-state index in [1.165, 1.54) is 49.2 Å². The maximum absolute atomic E-state index is 13.2. The van der Waals surface area contributed by atoms with Crippen LogP contribution in [0.4, 0.5) is 0 Å². The Bertz CT molecular complexity index is 1240. The summed E-state index contributed by atoms with van der Waals surface area (Å²) in [6.45, 7) is 6.71. The highest BCUT2D eigenvalue weighted by molar-refractivity contribution is 6.12. The molecule has 0 N–H and O–H groups in total. The average Bonchev–Trinajstić information content (AvgIpc) is 3.41. The third kappa shape index (κ3) is 15.0. The topological polar surface area (TPSA) is 91.4 Å². The maximum Gasteiger partial charge on any atom is 0.347 e. The normalized spacial score (nSPS) is 12.5.